The van der Waals surface area contributed by atoms with Crippen molar-refractivity contribution >= 4 is 23.6 Å². The topological polar surface area (TPSA) is 109 Å². The Morgan fingerprint density at radius 1 is 1.12 bits per heavy atom. The van der Waals surface area contributed by atoms with Crippen LogP contribution in [0.3, 0.4) is 0 Å². The zero-order valence-corrected chi connectivity index (χ0v) is 18.7. The number of imide groups is 1. The molecule has 176 valence electrons. The van der Waals surface area contributed by atoms with Gasteiger partial charge in [0.2, 0.25) is 11.8 Å². The number of nitrogens with one attached hydrogen (secondary N) is 1. The summed E-state index contributed by atoms with van der Waals surface area (Å²) in [6.45, 7) is 1.36. The highest BCUT2D eigenvalue weighted by Gasteiger charge is 2.40. The number of carbonyl (C=O) groups is 4. The summed E-state index contributed by atoms with van der Waals surface area (Å²) in [7, 11) is 0. The third kappa shape index (κ3) is 4.25. The number of aromatic nitrogens is 1. The molecule has 0 aliphatic carbocycles. The lowest BCUT2D eigenvalue weighted by molar-refractivity contribution is -0.137. The van der Waals surface area contributed by atoms with Crippen LogP contribution in [0.1, 0.15) is 53.2 Å². The predicted molar refractivity (Wildman–Crippen MR) is 121 cm³/mol. The van der Waals surface area contributed by atoms with Gasteiger partial charge in [-0.1, -0.05) is 12.1 Å². The molecule has 0 spiro atoms. The Hall–Kier alpha value is -3.75. The van der Waals surface area contributed by atoms with Gasteiger partial charge in [-0.2, -0.15) is 0 Å². The van der Waals surface area contributed by atoms with E-state index in [9.17, 15) is 19.2 Å². The van der Waals surface area contributed by atoms with Gasteiger partial charge in [-0.15, -0.1) is 0 Å². The standard InChI is InChI=1S/C25H26N4O5/c30-22-10-9-20(24(32)27-22)29-14-18-17(25(29)33)6-3-8-21(18)34-15-23(31)28-12-4-5-16(13-28)19-7-1-2-11-26-19/h1-3,6-8,11,16,20H,4-5,9-10,12-15H2,(H,27,30,32). The maximum absolute atomic E-state index is 13.0. The second-order valence-electron chi connectivity index (χ2n) is 8.90. The third-order valence-electron chi connectivity index (χ3n) is 6.77. The minimum absolute atomic E-state index is 0.107. The summed E-state index contributed by atoms with van der Waals surface area (Å²) in [5.74, 6) is -0.481. The number of fused-ring (bicyclic) bond motifs is 1. The molecule has 1 N–H and O–H groups in total. The number of likely N-dealkylation sites (tertiary alicyclic amines) is 1. The first-order chi connectivity index (χ1) is 16.5. The Labute approximate surface area is 197 Å². The molecule has 3 aliphatic rings. The highest BCUT2D eigenvalue weighted by molar-refractivity contribution is 6.05. The van der Waals surface area contributed by atoms with Crippen LogP contribution in [0.2, 0.25) is 0 Å². The normalized spacial score (nSPS) is 22.4. The van der Waals surface area contributed by atoms with E-state index in [-0.39, 0.29) is 43.2 Å². The van der Waals surface area contributed by atoms with Crippen LogP contribution in [0.4, 0.5) is 0 Å². The molecule has 5 rings (SSSR count). The minimum atomic E-state index is -0.691. The summed E-state index contributed by atoms with van der Waals surface area (Å²) in [4.78, 5) is 57.4. The molecule has 3 aliphatic heterocycles. The lowest BCUT2D eigenvalue weighted by Crippen LogP contribution is -2.52. The largest absolute Gasteiger partial charge is 0.483 e. The SMILES string of the molecule is O=C1CCC(N2Cc3c(OCC(=O)N4CCCC(c5ccccn5)C4)cccc3C2=O)C(=O)N1. The molecular formula is C25H26N4O5. The number of carbonyl (C=O) groups excluding carboxylic acids is 4. The number of benzene rings is 1. The highest BCUT2D eigenvalue weighted by Crippen LogP contribution is 2.33. The predicted octanol–water partition coefficient (Wildman–Crippen LogP) is 1.63. The summed E-state index contributed by atoms with van der Waals surface area (Å²) in [5.41, 5.74) is 2.12. The quantitative estimate of drug-likeness (QED) is 0.677. The van der Waals surface area contributed by atoms with Crippen molar-refractivity contribution in [1.82, 2.24) is 20.1 Å². The van der Waals surface area contributed by atoms with E-state index in [1.54, 1.807) is 24.4 Å². The lowest BCUT2D eigenvalue weighted by atomic mass is 9.94. The van der Waals surface area contributed by atoms with Gasteiger partial charge in [-0.3, -0.25) is 29.5 Å². The number of nitrogens with zero attached hydrogens (tertiary/aromatic N) is 3. The van der Waals surface area contributed by atoms with Crippen molar-refractivity contribution < 1.29 is 23.9 Å². The number of ether oxygens (including phenoxy) is 1. The number of hydrogen-bond acceptors (Lipinski definition) is 6. The second-order valence-corrected chi connectivity index (χ2v) is 8.90. The molecule has 2 saturated heterocycles. The second kappa shape index (κ2) is 9.24. The molecule has 2 fully saturated rings. The smallest absolute Gasteiger partial charge is 0.260 e. The molecular weight excluding hydrogens is 436 g/mol. The van der Waals surface area contributed by atoms with E-state index in [0.717, 1.165) is 18.5 Å². The summed E-state index contributed by atoms with van der Waals surface area (Å²) >= 11 is 0. The van der Waals surface area contributed by atoms with E-state index in [4.69, 9.17) is 4.74 Å². The lowest BCUT2D eigenvalue weighted by Gasteiger charge is -2.32. The van der Waals surface area contributed by atoms with Gasteiger partial charge >= 0.3 is 0 Å². The van der Waals surface area contributed by atoms with Crippen LogP contribution in [0.5, 0.6) is 5.75 Å². The van der Waals surface area contributed by atoms with Gasteiger partial charge in [0.05, 0.1) is 6.54 Å². The average Bonchev–Trinajstić information content (AvgIpc) is 3.20. The van der Waals surface area contributed by atoms with Crippen LogP contribution in [0.15, 0.2) is 42.6 Å². The summed E-state index contributed by atoms with van der Waals surface area (Å²) in [6.07, 6.45) is 4.17. The van der Waals surface area contributed by atoms with E-state index >= 15 is 0 Å². The molecule has 34 heavy (non-hydrogen) atoms. The fourth-order valence-corrected chi connectivity index (χ4v) is 4.99. The van der Waals surface area contributed by atoms with E-state index in [1.165, 1.54) is 4.90 Å². The Balaban J connectivity index is 1.24. The van der Waals surface area contributed by atoms with Gasteiger partial charge in [0.25, 0.3) is 11.8 Å². The molecule has 9 nitrogen and oxygen atoms in total. The molecule has 2 atom stereocenters. The van der Waals surface area contributed by atoms with E-state index in [0.29, 0.717) is 36.4 Å². The molecule has 0 bridgehead atoms. The zero-order valence-electron chi connectivity index (χ0n) is 18.7. The van der Waals surface area contributed by atoms with E-state index in [1.807, 2.05) is 23.1 Å². The van der Waals surface area contributed by atoms with Gasteiger partial charge < -0.3 is 14.5 Å². The van der Waals surface area contributed by atoms with Gasteiger partial charge in [-0.05, 0) is 43.5 Å². The van der Waals surface area contributed by atoms with Crippen LogP contribution < -0.4 is 10.1 Å². The third-order valence-corrected chi connectivity index (χ3v) is 6.77. The van der Waals surface area contributed by atoms with Crippen LogP contribution in [-0.4, -0.2) is 64.2 Å². The van der Waals surface area contributed by atoms with Crippen molar-refractivity contribution in [1.29, 1.82) is 0 Å². The summed E-state index contributed by atoms with van der Waals surface area (Å²) < 4.78 is 5.89. The Morgan fingerprint density at radius 3 is 2.79 bits per heavy atom. The number of piperidine rings is 2. The van der Waals surface area contributed by atoms with Crippen molar-refractivity contribution in [2.45, 2.75) is 44.2 Å². The number of hydrogen-bond donors (Lipinski definition) is 1. The average molecular weight is 463 g/mol. The van der Waals surface area contributed by atoms with Gasteiger partial charge in [0, 0.05) is 48.4 Å². The molecule has 9 heteroatoms. The first kappa shape index (κ1) is 22.1. The van der Waals surface area contributed by atoms with Crippen molar-refractivity contribution in [2.75, 3.05) is 19.7 Å². The maximum atomic E-state index is 13.0. The van der Waals surface area contributed by atoms with E-state index in [2.05, 4.69) is 10.3 Å². The van der Waals surface area contributed by atoms with Crippen LogP contribution in [-0.2, 0) is 20.9 Å². The monoisotopic (exact) mass is 462 g/mol. The molecule has 0 radical (unpaired) electrons. The molecule has 1 aromatic heterocycles. The van der Waals surface area contributed by atoms with Crippen molar-refractivity contribution in [3.05, 3.63) is 59.4 Å². The zero-order chi connectivity index (χ0) is 23.7. The fraction of sp³-hybridized carbons (Fsp3) is 0.400. The Bertz CT molecular complexity index is 1140. The van der Waals surface area contributed by atoms with Crippen LogP contribution in [0.25, 0.3) is 0 Å². The van der Waals surface area contributed by atoms with E-state index < -0.39 is 11.9 Å². The van der Waals surface area contributed by atoms with Gasteiger partial charge in [0.1, 0.15) is 11.8 Å². The Kier molecular flexibility index (Phi) is 6.00. The molecule has 0 saturated carbocycles. The van der Waals surface area contributed by atoms with Crippen LogP contribution >= 0.6 is 0 Å². The van der Waals surface area contributed by atoms with Gasteiger partial charge in [-0.25, -0.2) is 0 Å². The number of rotatable bonds is 5. The maximum Gasteiger partial charge on any atom is 0.260 e. The molecule has 2 unspecified atom stereocenters. The van der Waals surface area contributed by atoms with Crippen LogP contribution in [0, 0.1) is 0 Å². The Morgan fingerprint density at radius 2 is 2.00 bits per heavy atom. The van der Waals surface area contributed by atoms with Crippen molar-refractivity contribution in [3.8, 4) is 5.75 Å². The minimum Gasteiger partial charge on any atom is -0.483 e. The van der Waals surface area contributed by atoms with Gasteiger partial charge in [0.15, 0.2) is 6.61 Å². The first-order valence-corrected chi connectivity index (χ1v) is 11.6. The van der Waals surface area contributed by atoms with Crippen molar-refractivity contribution in [2.24, 2.45) is 0 Å². The molecule has 2 aromatic rings. The molecule has 1 aromatic carbocycles. The first-order valence-electron chi connectivity index (χ1n) is 11.6. The molecule has 4 heterocycles. The van der Waals surface area contributed by atoms with Crippen molar-refractivity contribution in [3.63, 3.8) is 0 Å². The summed E-state index contributed by atoms with van der Waals surface area (Å²) in [5, 5.41) is 2.30. The molecule has 4 amide bonds. The summed E-state index contributed by atoms with van der Waals surface area (Å²) in [6, 6.07) is 10.3. The number of pyridine rings is 1. The number of amides is 4. The highest BCUT2D eigenvalue weighted by atomic mass is 16.5. The fourth-order valence-electron chi connectivity index (χ4n) is 4.99.